The van der Waals surface area contributed by atoms with Gasteiger partial charge in [0.05, 0.1) is 18.2 Å². The molecular formula is C18H28N2O2. The number of hydrogen-bond donors (Lipinski definition) is 0. The third kappa shape index (κ3) is 4.08. The molecular weight excluding hydrogens is 276 g/mol. The number of ether oxygens (including phenoxy) is 1. The third-order valence-corrected chi connectivity index (χ3v) is 4.43. The Hall–Kier alpha value is -1.39. The van der Waals surface area contributed by atoms with E-state index in [-0.39, 0.29) is 24.2 Å². The summed E-state index contributed by atoms with van der Waals surface area (Å²) in [6.07, 6.45) is 0.225. The lowest BCUT2D eigenvalue weighted by Crippen LogP contribution is -2.53. The number of nitrogens with zero attached hydrogens (tertiary/aromatic N) is 2. The lowest BCUT2D eigenvalue weighted by molar-refractivity contribution is -0.147. The Morgan fingerprint density at radius 1 is 1.32 bits per heavy atom. The molecule has 1 heterocycles. The number of morpholine rings is 1. The maximum absolute atomic E-state index is 12.7. The summed E-state index contributed by atoms with van der Waals surface area (Å²) in [7, 11) is 2.02. The molecule has 122 valence electrons. The smallest absolute Gasteiger partial charge is 0.239 e. The van der Waals surface area contributed by atoms with Crippen molar-refractivity contribution in [3.8, 4) is 0 Å². The highest BCUT2D eigenvalue weighted by atomic mass is 16.5. The molecule has 0 saturated carbocycles. The SMILES string of the molecule is Cc1ccccc1CN(C)C(C)C(=O)N1CC(C)OC(C)C1. The van der Waals surface area contributed by atoms with Gasteiger partial charge in [-0.3, -0.25) is 9.69 Å². The first kappa shape index (κ1) is 17.0. The minimum Gasteiger partial charge on any atom is -0.372 e. The van der Waals surface area contributed by atoms with Gasteiger partial charge in [0, 0.05) is 19.6 Å². The summed E-state index contributed by atoms with van der Waals surface area (Å²) >= 11 is 0. The Bertz CT molecular complexity index is 508. The van der Waals surface area contributed by atoms with Crippen molar-refractivity contribution >= 4 is 5.91 Å². The van der Waals surface area contributed by atoms with Gasteiger partial charge in [-0.1, -0.05) is 24.3 Å². The number of carbonyl (C=O) groups is 1. The van der Waals surface area contributed by atoms with Crippen molar-refractivity contribution in [2.24, 2.45) is 0 Å². The average molecular weight is 304 g/mol. The molecule has 4 heteroatoms. The summed E-state index contributed by atoms with van der Waals surface area (Å²) in [6.45, 7) is 10.3. The van der Waals surface area contributed by atoms with Crippen LogP contribution in [0.1, 0.15) is 31.9 Å². The number of hydrogen-bond acceptors (Lipinski definition) is 3. The fourth-order valence-electron chi connectivity index (χ4n) is 3.00. The molecule has 1 fully saturated rings. The van der Waals surface area contributed by atoms with E-state index in [2.05, 4.69) is 24.0 Å². The molecule has 1 aliphatic rings. The fraction of sp³-hybridized carbons (Fsp3) is 0.611. The average Bonchev–Trinajstić information content (AvgIpc) is 2.47. The van der Waals surface area contributed by atoms with E-state index in [9.17, 15) is 4.79 Å². The second kappa shape index (κ2) is 7.25. The van der Waals surface area contributed by atoms with Gasteiger partial charge in [-0.15, -0.1) is 0 Å². The lowest BCUT2D eigenvalue weighted by atomic mass is 10.1. The maximum Gasteiger partial charge on any atom is 0.239 e. The van der Waals surface area contributed by atoms with Gasteiger partial charge in [0.15, 0.2) is 0 Å². The predicted molar refractivity (Wildman–Crippen MR) is 88.7 cm³/mol. The minimum atomic E-state index is -0.128. The molecule has 0 spiro atoms. The van der Waals surface area contributed by atoms with Gasteiger partial charge >= 0.3 is 0 Å². The van der Waals surface area contributed by atoms with Gasteiger partial charge in [0.1, 0.15) is 0 Å². The van der Waals surface area contributed by atoms with Gasteiger partial charge in [-0.2, -0.15) is 0 Å². The van der Waals surface area contributed by atoms with E-state index in [4.69, 9.17) is 4.74 Å². The second-order valence-electron chi connectivity index (χ2n) is 6.52. The third-order valence-electron chi connectivity index (χ3n) is 4.43. The minimum absolute atomic E-state index is 0.113. The molecule has 0 N–H and O–H groups in total. The molecule has 1 aliphatic heterocycles. The summed E-state index contributed by atoms with van der Waals surface area (Å²) in [5.41, 5.74) is 2.54. The maximum atomic E-state index is 12.7. The number of carbonyl (C=O) groups excluding carboxylic acids is 1. The molecule has 1 amide bonds. The first-order valence-corrected chi connectivity index (χ1v) is 8.07. The molecule has 3 unspecified atom stereocenters. The van der Waals surface area contributed by atoms with Crippen LogP contribution in [0.25, 0.3) is 0 Å². The molecule has 3 atom stereocenters. The Labute approximate surface area is 134 Å². The normalized spacial score (nSPS) is 23.6. The van der Waals surface area contributed by atoms with Crippen LogP contribution in [0.3, 0.4) is 0 Å². The lowest BCUT2D eigenvalue weighted by Gasteiger charge is -2.38. The highest BCUT2D eigenvalue weighted by Gasteiger charge is 2.30. The highest BCUT2D eigenvalue weighted by molar-refractivity contribution is 5.81. The fourth-order valence-corrected chi connectivity index (χ4v) is 3.00. The number of benzene rings is 1. The van der Waals surface area contributed by atoms with Crippen molar-refractivity contribution in [3.05, 3.63) is 35.4 Å². The number of rotatable bonds is 4. The van der Waals surface area contributed by atoms with E-state index in [1.807, 2.05) is 44.9 Å². The Kier molecular flexibility index (Phi) is 5.59. The zero-order chi connectivity index (χ0) is 16.3. The topological polar surface area (TPSA) is 32.8 Å². The molecule has 0 bridgehead atoms. The van der Waals surface area contributed by atoms with Gasteiger partial charge in [-0.25, -0.2) is 0 Å². The summed E-state index contributed by atoms with van der Waals surface area (Å²) < 4.78 is 5.71. The molecule has 1 aromatic carbocycles. The van der Waals surface area contributed by atoms with Crippen LogP contribution >= 0.6 is 0 Å². The molecule has 4 nitrogen and oxygen atoms in total. The van der Waals surface area contributed by atoms with Crippen LogP contribution in [0.2, 0.25) is 0 Å². The summed E-state index contributed by atoms with van der Waals surface area (Å²) in [6, 6.07) is 8.21. The van der Waals surface area contributed by atoms with Crippen LogP contribution in [0, 0.1) is 6.92 Å². The van der Waals surface area contributed by atoms with E-state index < -0.39 is 0 Å². The first-order valence-electron chi connectivity index (χ1n) is 8.07. The van der Waals surface area contributed by atoms with Crippen molar-refractivity contribution in [2.75, 3.05) is 20.1 Å². The van der Waals surface area contributed by atoms with E-state index in [0.717, 1.165) is 6.54 Å². The Morgan fingerprint density at radius 3 is 2.50 bits per heavy atom. The van der Waals surface area contributed by atoms with Crippen LogP contribution in [-0.2, 0) is 16.1 Å². The van der Waals surface area contributed by atoms with Gasteiger partial charge in [-0.05, 0) is 45.9 Å². The number of likely N-dealkylation sites (N-methyl/N-ethyl adjacent to an activating group) is 1. The number of aryl methyl sites for hydroxylation is 1. The van der Waals surface area contributed by atoms with Crippen LogP contribution < -0.4 is 0 Å². The molecule has 0 radical (unpaired) electrons. The van der Waals surface area contributed by atoms with Crippen molar-refractivity contribution in [2.45, 2.75) is 52.5 Å². The highest BCUT2D eigenvalue weighted by Crippen LogP contribution is 2.16. The largest absolute Gasteiger partial charge is 0.372 e. The second-order valence-corrected chi connectivity index (χ2v) is 6.52. The van der Waals surface area contributed by atoms with Crippen molar-refractivity contribution in [1.29, 1.82) is 0 Å². The number of amides is 1. The molecule has 1 aromatic rings. The van der Waals surface area contributed by atoms with Gasteiger partial charge in [0.25, 0.3) is 0 Å². The van der Waals surface area contributed by atoms with Crippen LogP contribution in [0.4, 0.5) is 0 Å². The molecule has 2 rings (SSSR count). The summed E-state index contributed by atoms with van der Waals surface area (Å²) in [5, 5.41) is 0. The summed E-state index contributed by atoms with van der Waals surface area (Å²) in [4.78, 5) is 16.8. The molecule has 0 aromatic heterocycles. The van der Waals surface area contributed by atoms with E-state index in [1.54, 1.807) is 0 Å². The standard InChI is InChI=1S/C18H28N2O2/c1-13-8-6-7-9-17(13)12-19(5)16(4)18(21)20-10-14(2)22-15(3)11-20/h6-9,14-16H,10-12H2,1-5H3. The zero-order valence-electron chi connectivity index (χ0n) is 14.4. The molecule has 1 saturated heterocycles. The molecule has 0 aliphatic carbocycles. The zero-order valence-corrected chi connectivity index (χ0v) is 14.4. The quantitative estimate of drug-likeness (QED) is 0.856. The van der Waals surface area contributed by atoms with E-state index >= 15 is 0 Å². The van der Waals surface area contributed by atoms with Gasteiger partial charge < -0.3 is 9.64 Å². The Morgan fingerprint density at radius 2 is 1.91 bits per heavy atom. The van der Waals surface area contributed by atoms with Crippen LogP contribution in [0.15, 0.2) is 24.3 Å². The molecule has 22 heavy (non-hydrogen) atoms. The first-order chi connectivity index (χ1) is 10.4. The van der Waals surface area contributed by atoms with Crippen LogP contribution in [0.5, 0.6) is 0 Å². The summed E-state index contributed by atoms with van der Waals surface area (Å²) in [5.74, 6) is 0.193. The van der Waals surface area contributed by atoms with Gasteiger partial charge in [0.2, 0.25) is 5.91 Å². The van der Waals surface area contributed by atoms with E-state index in [1.165, 1.54) is 11.1 Å². The predicted octanol–water partition coefficient (Wildman–Crippen LogP) is 2.45. The van der Waals surface area contributed by atoms with Crippen LogP contribution in [-0.4, -0.2) is 54.1 Å². The van der Waals surface area contributed by atoms with E-state index in [0.29, 0.717) is 13.1 Å². The van der Waals surface area contributed by atoms with Crippen molar-refractivity contribution < 1.29 is 9.53 Å². The van der Waals surface area contributed by atoms with Crippen molar-refractivity contribution in [1.82, 2.24) is 9.80 Å². The van der Waals surface area contributed by atoms with Crippen molar-refractivity contribution in [3.63, 3.8) is 0 Å². The Balaban J connectivity index is 1.99. The monoisotopic (exact) mass is 304 g/mol.